The fraction of sp³-hybridized carbons (Fsp3) is 0.467. The smallest absolute Gasteiger partial charge is 0.196 e. The average molecular weight is 264 g/mol. The number of carbonyl (C=O) groups is 2. The number of aryl methyl sites for hydroxylation is 1. The van der Waals surface area contributed by atoms with Crippen LogP contribution in [0, 0.1) is 0 Å². The SMILES string of the molecule is CC(C)(C)SC(=O)CC(=O)CCc1ccccc1. The molecule has 3 heteroatoms. The summed E-state index contributed by atoms with van der Waals surface area (Å²) in [6.45, 7) is 5.93. The van der Waals surface area contributed by atoms with Gasteiger partial charge in [-0.3, -0.25) is 9.59 Å². The summed E-state index contributed by atoms with van der Waals surface area (Å²) in [5, 5.41) is -0.0273. The zero-order valence-corrected chi connectivity index (χ0v) is 12.0. The summed E-state index contributed by atoms with van der Waals surface area (Å²) in [7, 11) is 0. The van der Waals surface area contributed by atoms with E-state index in [4.69, 9.17) is 0 Å². The van der Waals surface area contributed by atoms with Gasteiger partial charge in [0.1, 0.15) is 5.78 Å². The third-order valence-electron chi connectivity index (χ3n) is 2.30. The van der Waals surface area contributed by atoms with Crippen LogP contribution in [0.4, 0.5) is 0 Å². The van der Waals surface area contributed by atoms with Gasteiger partial charge in [0.15, 0.2) is 5.12 Å². The van der Waals surface area contributed by atoms with E-state index in [0.717, 1.165) is 5.56 Å². The average Bonchev–Trinajstić information content (AvgIpc) is 2.25. The summed E-state index contributed by atoms with van der Waals surface area (Å²) in [5.41, 5.74) is 1.14. The van der Waals surface area contributed by atoms with Crippen LogP contribution in [-0.4, -0.2) is 15.6 Å². The van der Waals surface area contributed by atoms with Crippen molar-refractivity contribution in [2.45, 2.75) is 44.8 Å². The van der Waals surface area contributed by atoms with Crippen molar-refractivity contribution in [2.75, 3.05) is 0 Å². The Labute approximate surface area is 113 Å². The predicted octanol–water partition coefficient (Wildman–Crippen LogP) is 3.64. The van der Waals surface area contributed by atoms with Gasteiger partial charge in [-0.05, 0) is 12.0 Å². The molecule has 0 aliphatic heterocycles. The quantitative estimate of drug-likeness (QED) is 0.761. The number of Topliss-reactive ketones (excluding diaryl/α,β-unsaturated/α-hetero) is 1. The van der Waals surface area contributed by atoms with Crippen LogP contribution in [0.25, 0.3) is 0 Å². The Morgan fingerprint density at radius 2 is 1.72 bits per heavy atom. The third kappa shape index (κ3) is 6.60. The molecule has 1 aromatic carbocycles. The molecule has 98 valence electrons. The van der Waals surface area contributed by atoms with Crippen LogP contribution in [0.15, 0.2) is 30.3 Å². The van der Waals surface area contributed by atoms with Crippen molar-refractivity contribution in [1.82, 2.24) is 0 Å². The molecule has 1 aromatic rings. The van der Waals surface area contributed by atoms with Crippen molar-refractivity contribution < 1.29 is 9.59 Å². The number of ketones is 1. The largest absolute Gasteiger partial charge is 0.299 e. The van der Waals surface area contributed by atoms with Crippen LogP contribution in [-0.2, 0) is 16.0 Å². The molecule has 2 nitrogen and oxygen atoms in total. The zero-order valence-electron chi connectivity index (χ0n) is 11.2. The molecule has 0 bridgehead atoms. The van der Waals surface area contributed by atoms with Crippen molar-refractivity contribution in [3.63, 3.8) is 0 Å². The maximum atomic E-state index is 11.7. The molecular formula is C15H20O2S. The highest BCUT2D eigenvalue weighted by atomic mass is 32.2. The summed E-state index contributed by atoms with van der Waals surface area (Å²) in [6.07, 6.45) is 1.21. The van der Waals surface area contributed by atoms with E-state index >= 15 is 0 Å². The zero-order chi connectivity index (χ0) is 13.6. The van der Waals surface area contributed by atoms with Crippen molar-refractivity contribution in [3.05, 3.63) is 35.9 Å². The van der Waals surface area contributed by atoms with Gasteiger partial charge in [-0.25, -0.2) is 0 Å². The van der Waals surface area contributed by atoms with Gasteiger partial charge in [0.25, 0.3) is 0 Å². The van der Waals surface area contributed by atoms with E-state index in [0.29, 0.717) is 12.8 Å². The number of rotatable bonds is 5. The Kier molecular flexibility index (Phi) is 5.60. The van der Waals surface area contributed by atoms with Gasteiger partial charge in [0.05, 0.1) is 6.42 Å². The van der Waals surface area contributed by atoms with E-state index in [1.165, 1.54) is 11.8 Å². The molecule has 1 rings (SSSR count). The Bertz CT molecular complexity index is 404. The molecule has 0 saturated heterocycles. The highest BCUT2D eigenvalue weighted by Crippen LogP contribution is 2.25. The molecule has 0 atom stereocenters. The summed E-state index contributed by atoms with van der Waals surface area (Å²) >= 11 is 1.25. The van der Waals surface area contributed by atoms with Crippen LogP contribution in [0.1, 0.15) is 39.2 Å². The van der Waals surface area contributed by atoms with Crippen molar-refractivity contribution in [2.24, 2.45) is 0 Å². The number of carbonyl (C=O) groups excluding carboxylic acids is 2. The topological polar surface area (TPSA) is 34.1 Å². The summed E-state index contributed by atoms with van der Waals surface area (Å²) in [6, 6.07) is 9.87. The standard InChI is InChI=1S/C15H20O2S/c1-15(2,3)18-14(17)11-13(16)10-9-12-7-5-4-6-8-12/h4-8H,9-11H2,1-3H3. The molecule has 0 aliphatic carbocycles. The molecule has 0 aliphatic rings. The van der Waals surface area contributed by atoms with E-state index in [1.54, 1.807) is 0 Å². The Hall–Kier alpha value is -1.09. The van der Waals surface area contributed by atoms with Crippen LogP contribution in [0.3, 0.4) is 0 Å². The van der Waals surface area contributed by atoms with E-state index < -0.39 is 0 Å². The first-order chi connectivity index (χ1) is 8.37. The minimum atomic E-state index is -0.114. The number of benzene rings is 1. The lowest BCUT2D eigenvalue weighted by Crippen LogP contribution is -2.14. The second-order valence-electron chi connectivity index (χ2n) is 5.29. The monoisotopic (exact) mass is 264 g/mol. The van der Waals surface area contributed by atoms with Crippen LogP contribution >= 0.6 is 11.8 Å². The Morgan fingerprint density at radius 1 is 1.11 bits per heavy atom. The molecule has 0 saturated carbocycles. The van der Waals surface area contributed by atoms with E-state index in [-0.39, 0.29) is 22.1 Å². The van der Waals surface area contributed by atoms with E-state index in [9.17, 15) is 9.59 Å². The van der Waals surface area contributed by atoms with E-state index in [1.807, 2.05) is 51.1 Å². The third-order valence-corrected chi connectivity index (χ3v) is 3.28. The second-order valence-corrected chi connectivity index (χ2v) is 7.17. The van der Waals surface area contributed by atoms with Gasteiger partial charge in [0, 0.05) is 11.2 Å². The lowest BCUT2D eigenvalue weighted by Gasteiger charge is -2.15. The molecule has 0 spiro atoms. The molecule has 0 radical (unpaired) electrons. The number of hydrogen-bond acceptors (Lipinski definition) is 3. The highest BCUT2D eigenvalue weighted by molar-refractivity contribution is 8.14. The molecule has 18 heavy (non-hydrogen) atoms. The van der Waals surface area contributed by atoms with Crippen LogP contribution in [0.2, 0.25) is 0 Å². The van der Waals surface area contributed by atoms with Crippen molar-refractivity contribution in [3.8, 4) is 0 Å². The minimum Gasteiger partial charge on any atom is -0.299 e. The molecule has 0 amide bonds. The summed E-state index contributed by atoms with van der Waals surface area (Å²) in [4.78, 5) is 23.3. The number of hydrogen-bond donors (Lipinski definition) is 0. The minimum absolute atomic E-state index is 0.0273. The van der Waals surface area contributed by atoms with Crippen molar-refractivity contribution >= 4 is 22.7 Å². The second kappa shape index (κ2) is 6.74. The first-order valence-corrected chi connectivity index (χ1v) is 6.96. The summed E-state index contributed by atoms with van der Waals surface area (Å²) in [5.74, 6) is 0.0283. The van der Waals surface area contributed by atoms with Crippen LogP contribution < -0.4 is 0 Å². The van der Waals surface area contributed by atoms with Gasteiger partial charge in [-0.15, -0.1) is 0 Å². The molecule has 0 fully saturated rings. The van der Waals surface area contributed by atoms with Crippen molar-refractivity contribution in [1.29, 1.82) is 0 Å². The summed E-state index contributed by atoms with van der Waals surface area (Å²) < 4.78 is -0.114. The van der Waals surface area contributed by atoms with Gasteiger partial charge in [-0.1, -0.05) is 62.9 Å². The maximum absolute atomic E-state index is 11.7. The van der Waals surface area contributed by atoms with Gasteiger partial charge in [0.2, 0.25) is 0 Å². The molecule has 0 aromatic heterocycles. The molecule has 0 heterocycles. The molecular weight excluding hydrogens is 244 g/mol. The van der Waals surface area contributed by atoms with E-state index in [2.05, 4.69) is 0 Å². The van der Waals surface area contributed by atoms with Crippen LogP contribution in [0.5, 0.6) is 0 Å². The Morgan fingerprint density at radius 3 is 2.28 bits per heavy atom. The van der Waals surface area contributed by atoms with Gasteiger partial charge < -0.3 is 0 Å². The van der Waals surface area contributed by atoms with Gasteiger partial charge >= 0.3 is 0 Å². The van der Waals surface area contributed by atoms with Gasteiger partial charge in [-0.2, -0.15) is 0 Å². The first-order valence-electron chi connectivity index (χ1n) is 6.14. The maximum Gasteiger partial charge on any atom is 0.196 e. The number of thioether (sulfide) groups is 1. The predicted molar refractivity (Wildman–Crippen MR) is 76.7 cm³/mol. The lowest BCUT2D eigenvalue weighted by atomic mass is 10.1. The normalized spacial score (nSPS) is 11.3. The fourth-order valence-electron chi connectivity index (χ4n) is 1.56. The molecule has 0 N–H and O–H groups in total. The highest BCUT2D eigenvalue weighted by Gasteiger charge is 2.18. The molecule has 0 unspecified atom stereocenters. The lowest BCUT2D eigenvalue weighted by molar-refractivity contribution is -0.123. The first kappa shape index (κ1) is 15.0. The fourth-order valence-corrected chi connectivity index (χ4v) is 2.47. The Balaban J connectivity index is 2.32.